The van der Waals surface area contributed by atoms with Crippen molar-refractivity contribution in [3.8, 4) is 44.5 Å². The van der Waals surface area contributed by atoms with Gasteiger partial charge in [0.2, 0.25) is 0 Å². The molecule has 0 atom stereocenters. The zero-order valence-corrected chi connectivity index (χ0v) is 33.3. The molecule has 0 spiro atoms. The summed E-state index contributed by atoms with van der Waals surface area (Å²) in [5, 5.41) is 0. The maximum atomic E-state index is 2.43. The fourth-order valence-electron chi connectivity index (χ4n) is 10.2. The second-order valence-electron chi connectivity index (χ2n) is 16.5. The van der Waals surface area contributed by atoms with E-state index in [1.165, 1.54) is 77.9 Å². The van der Waals surface area contributed by atoms with Crippen molar-refractivity contribution >= 4 is 17.1 Å². The summed E-state index contributed by atoms with van der Waals surface area (Å²) in [4.78, 5) is 2.43. The molecule has 11 rings (SSSR count). The Bertz CT molecular complexity index is 2930. The normalized spacial score (nSPS) is 13.9. The molecule has 0 bridgehead atoms. The highest BCUT2D eigenvalue weighted by Crippen LogP contribution is 2.57. The first-order chi connectivity index (χ1) is 29.0. The number of anilines is 3. The summed E-state index contributed by atoms with van der Waals surface area (Å²) < 4.78 is 0. The van der Waals surface area contributed by atoms with Gasteiger partial charge in [0.25, 0.3) is 0 Å². The molecular weight excluding hydrogens is 711 g/mol. The molecule has 280 valence electrons. The second-order valence-corrected chi connectivity index (χ2v) is 16.5. The summed E-state index contributed by atoms with van der Waals surface area (Å²) in [5.41, 5.74) is 20.8. The van der Waals surface area contributed by atoms with Gasteiger partial charge in [-0.15, -0.1) is 0 Å². The van der Waals surface area contributed by atoms with E-state index < -0.39 is 5.41 Å². The molecule has 0 heterocycles. The summed E-state index contributed by atoms with van der Waals surface area (Å²) in [7, 11) is 0. The maximum absolute atomic E-state index is 2.43. The smallest absolute Gasteiger partial charge is 0.0713 e. The first kappa shape index (κ1) is 35.0. The van der Waals surface area contributed by atoms with Gasteiger partial charge in [-0.05, 0) is 114 Å². The van der Waals surface area contributed by atoms with Gasteiger partial charge in [-0.2, -0.15) is 0 Å². The van der Waals surface area contributed by atoms with Gasteiger partial charge in [-0.3, -0.25) is 0 Å². The molecule has 2 aliphatic rings. The van der Waals surface area contributed by atoms with Crippen LogP contribution in [0, 0.1) is 0 Å². The van der Waals surface area contributed by atoms with Crippen LogP contribution in [0.25, 0.3) is 44.5 Å². The molecule has 0 N–H and O–H groups in total. The van der Waals surface area contributed by atoms with Gasteiger partial charge in [0.1, 0.15) is 0 Å². The van der Waals surface area contributed by atoms with E-state index >= 15 is 0 Å². The zero-order chi connectivity index (χ0) is 39.6. The molecule has 0 unspecified atom stereocenters. The summed E-state index contributed by atoms with van der Waals surface area (Å²) in [6.07, 6.45) is 0. The van der Waals surface area contributed by atoms with Crippen molar-refractivity contribution in [3.63, 3.8) is 0 Å². The van der Waals surface area contributed by atoms with Crippen molar-refractivity contribution in [2.45, 2.75) is 24.7 Å². The lowest BCUT2D eigenvalue weighted by molar-refractivity contribution is 0.660. The number of benzene rings is 9. The van der Waals surface area contributed by atoms with E-state index in [9.17, 15) is 0 Å². The number of hydrogen-bond acceptors (Lipinski definition) is 1. The van der Waals surface area contributed by atoms with Crippen molar-refractivity contribution in [2.24, 2.45) is 0 Å². The Balaban J connectivity index is 1.10. The molecule has 0 saturated heterocycles. The van der Waals surface area contributed by atoms with E-state index in [-0.39, 0.29) is 5.41 Å². The zero-order valence-electron chi connectivity index (χ0n) is 33.3. The van der Waals surface area contributed by atoms with Crippen molar-refractivity contribution in [1.82, 2.24) is 0 Å². The third-order valence-electron chi connectivity index (χ3n) is 13.0. The third kappa shape index (κ3) is 5.39. The van der Waals surface area contributed by atoms with Gasteiger partial charge in [0.15, 0.2) is 0 Å². The Morgan fingerprint density at radius 2 is 0.763 bits per heavy atom. The quantitative estimate of drug-likeness (QED) is 0.157. The SMILES string of the molecule is CC1(C)c2ccc(N(c3ccc(-c4ccccc4)cc3)c3ccc(C4(c5ccccc5)c5ccccc5-c5ccccc54)cc3)cc2-c2c(-c3ccccc3)cccc21. The maximum Gasteiger partial charge on any atom is 0.0713 e. The van der Waals surface area contributed by atoms with Crippen LogP contribution in [-0.4, -0.2) is 0 Å². The van der Waals surface area contributed by atoms with Crippen LogP contribution in [0.15, 0.2) is 224 Å². The summed E-state index contributed by atoms with van der Waals surface area (Å²) in [6.45, 7) is 4.74. The van der Waals surface area contributed by atoms with Crippen molar-refractivity contribution in [1.29, 1.82) is 0 Å². The molecule has 0 radical (unpaired) electrons. The number of fused-ring (bicyclic) bond motifs is 6. The molecule has 0 aromatic heterocycles. The summed E-state index contributed by atoms with van der Waals surface area (Å²) in [6, 6.07) is 82.8. The van der Waals surface area contributed by atoms with E-state index in [2.05, 4.69) is 243 Å². The van der Waals surface area contributed by atoms with E-state index in [0.717, 1.165) is 17.1 Å². The van der Waals surface area contributed by atoms with Crippen LogP contribution in [0.2, 0.25) is 0 Å². The van der Waals surface area contributed by atoms with Gasteiger partial charge in [-0.25, -0.2) is 0 Å². The predicted octanol–water partition coefficient (Wildman–Crippen LogP) is 15.2. The van der Waals surface area contributed by atoms with Crippen LogP contribution in [0.4, 0.5) is 17.1 Å². The van der Waals surface area contributed by atoms with Crippen molar-refractivity contribution in [3.05, 3.63) is 258 Å². The number of nitrogens with zero attached hydrogens (tertiary/aromatic N) is 1. The van der Waals surface area contributed by atoms with E-state index in [4.69, 9.17) is 0 Å². The van der Waals surface area contributed by atoms with Gasteiger partial charge in [-0.1, -0.05) is 202 Å². The highest BCUT2D eigenvalue weighted by atomic mass is 15.1. The summed E-state index contributed by atoms with van der Waals surface area (Å²) in [5.74, 6) is 0. The van der Waals surface area contributed by atoms with Crippen LogP contribution < -0.4 is 4.90 Å². The predicted molar refractivity (Wildman–Crippen MR) is 247 cm³/mol. The Labute approximate surface area is 347 Å². The lowest BCUT2D eigenvalue weighted by Gasteiger charge is -2.34. The minimum Gasteiger partial charge on any atom is -0.310 e. The fourth-order valence-corrected chi connectivity index (χ4v) is 10.2. The first-order valence-corrected chi connectivity index (χ1v) is 20.7. The van der Waals surface area contributed by atoms with Crippen LogP contribution in [0.1, 0.15) is 47.2 Å². The minimum atomic E-state index is -0.453. The molecule has 0 saturated carbocycles. The lowest BCUT2D eigenvalue weighted by atomic mass is 9.68. The summed E-state index contributed by atoms with van der Waals surface area (Å²) >= 11 is 0. The second kappa shape index (κ2) is 13.7. The number of hydrogen-bond donors (Lipinski definition) is 0. The van der Waals surface area contributed by atoms with Gasteiger partial charge < -0.3 is 4.90 Å². The molecule has 0 fully saturated rings. The van der Waals surface area contributed by atoms with E-state index in [0.29, 0.717) is 0 Å². The average Bonchev–Trinajstić information content (AvgIpc) is 3.73. The van der Waals surface area contributed by atoms with Gasteiger partial charge >= 0.3 is 0 Å². The topological polar surface area (TPSA) is 3.24 Å². The fraction of sp³-hybridized carbons (Fsp3) is 0.0690. The molecule has 59 heavy (non-hydrogen) atoms. The molecule has 1 nitrogen and oxygen atoms in total. The Morgan fingerprint density at radius 3 is 1.39 bits per heavy atom. The monoisotopic (exact) mass is 753 g/mol. The van der Waals surface area contributed by atoms with Gasteiger partial charge in [0, 0.05) is 22.5 Å². The van der Waals surface area contributed by atoms with Gasteiger partial charge in [0.05, 0.1) is 5.41 Å². The highest BCUT2D eigenvalue weighted by Gasteiger charge is 2.46. The van der Waals surface area contributed by atoms with Crippen molar-refractivity contribution in [2.75, 3.05) is 4.90 Å². The molecule has 0 aliphatic heterocycles. The molecule has 2 aliphatic carbocycles. The first-order valence-electron chi connectivity index (χ1n) is 20.7. The standard InChI is InChI=1S/C58H43N/c1-57(2)52-38-37-47(39-51(52)56-48(25-16-28-55(56)57)42-19-8-4-9-20-42)59(45-33-29-41(30-34-45)40-17-6-3-7-18-40)46-35-31-44(32-36-46)58(43-21-10-5-11-22-43)53-26-14-12-23-49(53)50-24-13-15-27-54(50)58/h3-39H,1-2H3. The Hall–Kier alpha value is -7.22. The van der Waals surface area contributed by atoms with Crippen LogP contribution in [0.3, 0.4) is 0 Å². The number of rotatable bonds is 7. The highest BCUT2D eigenvalue weighted by molar-refractivity contribution is 5.95. The van der Waals surface area contributed by atoms with Crippen molar-refractivity contribution < 1.29 is 0 Å². The minimum absolute atomic E-state index is 0.128. The molecule has 0 amide bonds. The Morgan fingerprint density at radius 1 is 0.305 bits per heavy atom. The van der Waals surface area contributed by atoms with Crippen LogP contribution in [0.5, 0.6) is 0 Å². The van der Waals surface area contributed by atoms with E-state index in [1.807, 2.05) is 0 Å². The van der Waals surface area contributed by atoms with Crippen LogP contribution in [-0.2, 0) is 10.8 Å². The Kier molecular flexibility index (Phi) is 8.13. The van der Waals surface area contributed by atoms with Crippen LogP contribution >= 0.6 is 0 Å². The third-order valence-corrected chi connectivity index (χ3v) is 13.0. The molecule has 1 heteroatoms. The molecule has 9 aromatic carbocycles. The molecule has 9 aromatic rings. The molecular formula is C58H43N. The lowest BCUT2D eigenvalue weighted by Crippen LogP contribution is -2.28. The van der Waals surface area contributed by atoms with E-state index in [1.54, 1.807) is 0 Å². The average molecular weight is 754 g/mol. The largest absolute Gasteiger partial charge is 0.310 e.